The van der Waals surface area contributed by atoms with Crippen LogP contribution in [0.4, 0.5) is 11.4 Å². The van der Waals surface area contributed by atoms with Crippen LogP contribution in [0.1, 0.15) is 30.6 Å². The third kappa shape index (κ3) is 4.94. The van der Waals surface area contributed by atoms with Gasteiger partial charge in [0.25, 0.3) is 11.6 Å². The standard InChI is InChI=1S/C18H20N2O5/c1-3-10-25-16-9-8-13(11-17(16)24-4-2)18(21)19-14-6-5-7-15(12-14)20(22)23/h5-9,11-12H,3-4,10H2,1-2H3,(H,19,21). The van der Waals surface area contributed by atoms with Crippen LogP contribution in [0, 0.1) is 10.1 Å². The van der Waals surface area contributed by atoms with Crippen LogP contribution in [0.25, 0.3) is 0 Å². The average molecular weight is 344 g/mol. The van der Waals surface area contributed by atoms with Gasteiger partial charge in [0.1, 0.15) is 0 Å². The van der Waals surface area contributed by atoms with Gasteiger partial charge in [-0.15, -0.1) is 0 Å². The van der Waals surface area contributed by atoms with Gasteiger partial charge in [-0.1, -0.05) is 13.0 Å². The van der Waals surface area contributed by atoms with E-state index in [1.807, 2.05) is 13.8 Å². The summed E-state index contributed by atoms with van der Waals surface area (Å²) in [5.41, 5.74) is 0.637. The first-order chi connectivity index (χ1) is 12.0. The highest BCUT2D eigenvalue weighted by molar-refractivity contribution is 6.04. The highest BCUT2D eigenvalue weighted by Crippen LogP contribution is 2.29. The van der Waals surface area contributed by atoms with Crippen LogP contribution in [0.3, 0.4) is 0 Å². The molecule has 0 saturated carbocycles. The first kappa shape index (κ1) is 18.3. The molecule has 7 nitrogen and oxygen atoms in total. The van der Waals surface area contributed by atoms with E-state index < -0.39 is 4.92 Å². The van der Waals surface area contributed by atoms with Crippen LogP contribution < -0.4 is 14.8 Å². The Morgan fingerprint density at radius 1 is 1.12 bits per heavy atom. The van der Waals surface area contributed by atoms with Gasteiger partial charge in [0.15, 0.2) is 11.5 Å². The van der Waals surface area contributed by atoms with Crippen molar-refractivity contribution < 1.29 is 19.2 Å². The van der Waals surface area contributed by atoms with Crippen LogP contribution >= 0.6 is 0 Å². The van der Waals surface area contributed by atoms with Gasteiger partial charge in [0.2, 0.25) is 0 Å². The summed E-state index contributed by atoms with van der Waals surface area (Å²) in [4.78, 5) is 22.7. The fraction of sp³-hybridized carbons (Fsp3) is 0.278. The van der Waals surface area contributed by atoms with E-state index in [0.717, 1.165) is 6.42 Å². The first-order valence-corrected chi connectivity index (χ1v) is 8.00. The average Bonchev–Trinajstić information content (AvgIpc) is 2.61. The molecule has 0 heterocycles. The molecule has 0 aromatic heterocycles. The molecular formula is C18H20N2O5. The summed E-state index contributed by atoms with van der Waals surface area (Å²) < 4.78 is 11.1. The molecule has 0 spiro atoms. The molecule has 25 heavy (non-hydrogen) atoms. The van der Waals surface area contributed by atoms with E-state index in [2.05, 4.69) is 5.32 Å². The SMILES string of the molecule is CCCOc1ccc(C(=O)Nc2cccc([N+](=O)[O-])c2)cc1OCC. The van der Waals surface area contributed by atoms with E-state index in [1.54, 1.807) is 24.3 Å². The number of amides is 1. The zero-order valence-corrected chi connectivity index (χ0v) is 14.2. The molecule has 2 aromatic rings. The van der Waals surface area contributed by atoms with E-state index in [9.17, 15) is 14.9 Å². The number of nitrogens with one attached hydrogen (secondary N) is 1. The number of nitrogens with zero attached hydrogens (tertiary/aromatic N) is 1. The third-order valence-electron chi connectivity index (χ3n) is 3.28. The molecule has 0 fully saturated rings. The minimum absolute atomic E-state index is 0.0869. The van der Waals surface area contributed by atoms with Gasteiger partial charge in [-0.25, -0.2) is 0 Å². The van der Waals surface area contributed by atoms with Crippen LogP contribution in [0.15, 0.2) is 42.5 Å². The summed E-state index contributed by atoms with van der Waals surface area (Å²) in [5, 5.41) is 13.5. The van der Waals surface area contributed by atoms with Gasteiger partial charge in [-0.3, -0.25) is 14.9 Å². The Labute approximate surface area is 145 Å². The van der Waals surface area contributed by atoms with Gasteiger partial charge >= 0.3 is 0 Å². The molecule has 0 atom stereocenters. The van der Waals surface area contributed by atoms with Crippen molar-refractivity contribution in [2.24, 2.45) is 0 Å². The van der Waals surface area contributed by atoms with E-state index in [0.29, 0.717) is 36.0 Å². The number of rotatable bonds is 8. The molecule has 2 rings (SSSR count). The summed E-state index contributed by atoms with van der Waals surface area (Å²) >= 11 is 0. The molecule has 0 bridgehead atoms. The van der Waals surface area contributed by atoms with Crippen molar-refractivity contribution in [3.05, 3.63) is 58.1 Å². The molecular weight excluding hydrogens is 324 g/mol. The number of anilines is 1. The lowest BCUT2D eigenvalue weighted by atomic mass is 10.1. The number of hydrogen-bond acceptors (Lipinski definition) is 5. The van der Waals surface area contributed by atoms with Crippen LogP contribution in [-0.2, 0) is 0 Å². The van der Waals surface area contributed by atoms with Crippen molar-refractivity contribution >= 4 is 17.3 Å². The Kier molecular flexibility index (Phi) is 6.33. The minimum Gasteiger partial charge on any atom is -0.490 e. The predicted octanol–water partition coefficient (Wildman–Crippen LogP) is 4.03. The molecule has 1 amide bonds. The molecule has 0 aliphatic rings. The summed E-state index contributed by atoms with van der Waals surface area (Å²) in [6.07, 6.45) is 0.862. The zero-order valence-electron chi connectivity index (χ0n) is 14.2. The van der Waals surface area contributed by atoms with Gasteiger partial charge in [0, 0.05) is 23.4 Å². The molecule has 0 unspecified atom stereocenters. The second-order valence-electron chi connectivity index (χ2n) is 5.20. The number of carbonyl (C=O) groups excluding carboxylic acids is 1. The number of non-ortho nitro benzene ring substituents is 1. The number of ether oxygens (including phenoxy) is 2. The lowest BCUT2D eigenvalue weighted by molar-refractivity contribution is -0.384. The van der Waals surface area contributed by atoms with Gasteiger partial charge in [0.05, 0.1) is 18.1 Å². The molecule has 7 heteroatoms. The van der Waals surface area contributed by atoms with Crippen molar-refractivity contribution in [1.82, 2.24) is 0 Å². The Hall–Kier alpha value is -3.09. The highest BCUT2D eigenvalue weighted by atomic mass is 16.6. The zero-order chi connectivity index (χ0) is 18.2. The van der Waals surface area contributed by atoms with Gasteiger partial charge in [-0.05, 0) is 37.6 Å². The number of carbonyl (C=O) groups is 1. The van der Waals surface area contributed by atoms with E-state index in [-0.39, 0.29) is 11.6 Å². The second kappa shape index (κ2) is 8.68. The van der Waals surface area contributed by atoms with E-state index in [1.165, 1.54) is 18.2 Å². The Balaban J connectivity index is 2.19. The summed E-state index contributed by atoms with van der Waals surface area (Å²) in [5.74, 6) is 0.682. The molecule has 0 aliphatic heterocycles. The molecule has 0 saturated heterocycles. The number of nitro benzene ring substituents is 1. The van der Waals surface area contributed by atoms with E-state index in [4.69, 9.17) is 9.47 Å². The molecule has 0 radical (unpaired) electrons. The maximum absolute atomic E-state index is 12.4. The van der Waals surface area contributed by atoms with Crippen LogP contribution in [0.2, 0.25) is 0 Å². The Bertz CT molecular complexity index is 761. The largest absolute Gasteiger partial charge is 0.490 e. The van der Waals surface area contributed by atoms with Crippen molar-refractivity contribution in [1.29, 1.82) is 0 Å². The maximum atomic E-state index is 12.4. The van der Waals surface area contributed by atoms with Crippen molar-refractivity contribution in [3.63, 3.8) is 0 Å². The topological polar surface area (TPSA) is 90.7 Å². The van der Waals surface area contributed by atoms with Crippen molar-refractivity contribution in [3.8, 4) is 11.5 Å². The molecule has 0 aliphatic carbocycles. The van der Waals surface area contributed by atoms with Crippen molar-refractivity contribution in [2.75, 3.05) is 18.5 Å². The Morgan fingerprint density at radius 2 is 1.92 bits per heavy atom. The van der Waals surface area contributed by atoms with Crippen LogP contribution in [0.5, 0.6) is 11.5 Å². The van der Waals surface area contributed by atoms with Gasteiger partial charge in [-0.2, -0.15) is 0 Å². The maximum Gasteiger partial charge on any atom is 0.271 e. The first-order valence-electron chi connectivity index (χ1n) is 8.00. The monoisotopic (exact) mass is 344 g/mol. The molecule has 2 aromatic carbocycles. The third-order valence-corrected chi connectivity index (χ3v) is 3.28. The summed E-state index contributed by atoms with van der Waals surface area (Å²) in [6, 6.07) is 10.7. The summed E-state index contributed by atoms with van der Waals surface area (Å²) in [6.45, 7) is 4.85. The number of benzene rings is 2. The molecule has 1 N–H and O–H groups in total. The Morgan fingerprint density at radius 3 is 2.60 bits per heavy atom. The highest BCUT2D eigenvalue weighted by Gasteiger charge is 2.13. The van der Waals surface area contributed by atoms with Crippen LogP contribution in [-0.4, -0.2) is 24.0 Å². The lowest BCUT2D eigenvalue weighted by Crippen LogP contribution is -2.12. The minimum atomic E-state index is -0.511. The quantitative estimate of drug-likeness (QED) is 0.576. The normalized spacial score (nSPS) is 10.2. The van der Waals surface area contributed by atoms with Gasteiger partial charge < -0.3 is 14.8 Å². The summed E-state index contributed by atoms with van der Waals surface area (Å²) in [7, 11) is 0. The lowest BCUT2D eigenvalue weighted by Gasteiger charge is -2.13. The fourth-order valence-electron chi connectivity index (χ4n) is 2.15. The predicted molar refractivity (Wildman–Crippen MR) is 94.4 cm³/mol. The van der Waals surface area contributed by atoms with E-state index >= 15 is 0 Å². The number of nitro groups is 1. The smallest absolute Gasteiger partial charge is 0.271 e. The molecule has 132 valence electrons. The number of hydrogen-bond donors (Lipinski definition) is 1. The second-order valence-corrected chi connectivity index (χ2v) is 5.20. The fourth-order valence-corrected chi connectivity index (χ4v) is 2.15. The van der Waals surface area contributed by atoms with Crippen molar-refractivity contribution in [2.45, 2.75) is 20.3 Å².